The summed E-state index contributed by atoms with van der Waals surface area (Å²) in [5.41, 5.74) is 2.68. The summed E-state index contributed by atoms with van der Waals surface area (Å²) in [5, 5.41) is 3.50. The van der Waals surface area contributed by atoms with Gasteiger partial charge >= 0.3 is 95.9 Å². The molecule has 2 aromatic carbocycles. The molecule has 0 bridgehead atoms. The van der Waals surface area contributed by atoms with E-state index in [1.165, 1.54) is 11.4 Å². The average molecular weight is 368 g/mol. The molecular weight excluding hydrogens is 359 g/mol. The summed E-state index contributed by atoms with van der Waals surface area (Å²) in [6, 6.07) is 17.4. The molecule has 1 nitrogen and oxygen atoms in total. The topological polar surface area (TPSA) is 12.0 Å². The Morgan fingerprint density at radius 3 is 1.79 bits per heavy atom. The quantitative estimate of drug-likeness (QED) is 0.597. The van der Waals surface area contributed by atoms with Gasteiger partial charge in [-0.2, -0.15) is 0 Å². The van der Waals surface area contributed by atoms with E-state index in [4.69, 9.17) is 0 Å². The average Bonchev–Trinajstić information content (AvgIpc) is 2.26. The molecule has 0 saturated heterocycles. The number of anilines is 2. The first-order valence-corrected chi connectivity index (χ1v) is 10.4. The van der Waals surface area contributed by atoms with Gasteiger partial charge in [-0.3, -0.25) is 0 Å². The van der Waals surface area contributed by atoms with Gasteiger partial charge in [-0.1, -0.05) is 0 Å². The van der Waals surface area contributed by atoms with Crippen molar-refractivity contribution in [2.75, 3.05) is 5.32 Å². The Balaban J connectivity index is 2.12. The normalized spacial score (nSPS) is 11.4. The number of hydrogen-bond donors (Lipinski definition) is 1. The molecule has 64 valence electrons. The summed E-state index contributed by atoms with van der Waals surface area (Å²) in [6.07, 6.45) is 0. The Morgan fingerprint density at radius 1 is 0.714 bits per heavy atom. The van der Waals surface area contributed by atoms with Crippen molar-refractivity contribution in [3.05, 3.63) is 48.5 Å². The fraction of sp³-hybridized carbons (Fsp3) is 0. The Bertz CT molecular complexity index is 392. The summed E-state index contributed by atoms with van der Waals surface area (Å²) in [4.78, 5) is 0. The second kappa shape index (κ2) is 3.39. The maximum absolute atomic E-state index is 3.50. The second-order valence-corrected chi connectivity index (χ2v) is 10.9. The van der Waals surface area contributed by atoms with Crippen molar-refractivity contribution in [2.24, 2.45) is 0 Å². The van der Waals surface area contributed by atoms with Gasteiger partial charge in [0.05, 0.1) is 0 Å². The van der Waals surface area contributed by atoms with Crippen molar-refractivity contribution < 1.29 is 24.6 Å². The maximum atomic E-state index is 3.50. The molecule has 0 fully saturated rings. The summed E-state index contributed by atoms with van der Waals surface area (Å²) < 4.78 is 3.21. The molecule has 0 atom stereocenters. The van der Waals surface area contributed by atoms with Gasteiger partial charge in [0.15, 0.2) is 0 Å². The molecule has 0 radical (unpaired) electrons. The van der Waals surface area contributed by atoms with Crippen LogP contribution in [0.3, 0.4) is 0 Å². The zero-order valence-electron chi connectivity index (χ0n) is 7.83. The van der Waals surface area contributed by atoms with Crippen molar-refractivity contribution in [3.63, 3.8) is 0 Å². The van der Waals surface area contributed by atoms with E-state index in [1.807, 2.05) is 0 Å². The summed E-state index contributed by atoms with van der Waals surface area (Å²) in [5.74, 6) is 0. The van der Waals surface area contributed by atoms with Crippen LogP contribution in [0.4, 0.5) is 11.4 Å². The third kappa shape index (κ3) is 1.36. The van der Waals surface area contributed by atoms with Crippen molar-refractivity contribution in [1.82, 2.24) is 0 Å². The molecule has 1 aliphatic heterocycles. The molecule has 0 aliphatic carbocycles. The van der Waals surface area contributed by atoms with Crippen LogP contribution in [0.15, 0.2) is 48.5 Å². The minimum absolute atomic E-state index is 1.04. The van der Waals surface area contributed by atoms with E-state index in [1.54, 1.807) is 6.14 Å². The Labute approximate surface area is 95.6 Å². The number of rotatable bonds is 0. The fourth-order valence-corrected chi connectivity index (χ4v) is 8.60. The molecule has 2 heteroatoms. The van der Waals surface area contributed by atoms with Crippen LogP contribution in [-0.4, -0.2) is 0 Å². The first-order chi connectivity index (χ1) is 6.93. The molecule has 0 unspecified atom stereocenters. The molecule has 1 aliphatic rings. The van der Waals surface area contributed by atoms with Gasteiger partial charge in [-0.15, -0.1) is 0 Å². The van der Waals surface area contributed by atoms with E-state index in [9.17, 15) is 0 Å². The van der Waals surface area contributed by atoms with Gasteiger partial charge in [0.25, 0.3) is 0 Å². The number of nitrogens with one attached hydrogen (secondary N) is 1. The Hall–Kier alpha value is -0.825. The van der Waals surface area contributed by atoms with E-state index in [-0.39, 0.29) is 0 Å². The van der Waals surface area contributed by atoms with Gasteiger partial charge in [-0.25, -0.2) is 0 Å². The second-order valence-electron chi connectivity index (χ2n) is 3.62. The van der Waals surface area contributed by atoms with E-state index in [0.29, 0.717) is 0 Å². The molecule has 2 aromatic rings. The fourth-order valence-electron chi connectivity index (χ4n) is 1.94. The molecule has 1 N–H and O–H groups in total. The monoisotopic (exact) mass is 369 g/mol. The van der Waals surface area contributed by atoms with Crippen LogP contribution in [-0.2, 0) is 24.6 Å². The van der Waals surface area contributed by atoms with E-state index in [0.717, 1.165) is 0 Å². The summed E-state index contributed by atoms with van der Waals surface area (Å²) >= 11 is -1.04. The van der Waals surface area contributed by atoms with E-state index < -0.39 is 24.6 Å². The number of fused-ring (bicyclic) bond motifs is 2. The number of benzene rings is 2. The van der Waals surface area contributed by atoms with Crippen LogP contribution in [0, 0.1) is 0 Å². The van der Waals surface area contributed by atoms with Gasteiger partial charge in [0, 0.05) is 0 Å². The van der Waals surface area contributed by atoms with Gasteiger partial charge in [0.2, 0.25) is 0 Å². The van der Waals surface area contributed by atoms with Crippen molar-refractivity contribution in [3.8, 4) is 0 Å². The van der Waals surface area contributed by atoms with Crippen molar-refractivity contribution in [2.45, 2.75) is 0 Å². The SMILES string of the molecule is c1cc[c]2c(c1)Nc1cccc[c]1[Hg]2. The Morgan fingerprint density at radius 2 is 1.21 bits per heavy atom. The number of hydrogen-bond acceptors (Lipinski definition) is 1. The predicted molar refractivity (Wildman–Crippen MR) is 55.4 cm³/mol. The molecular formula is C12H9HgN. The van der Waals surface area contributed by atoms with E-state index >= 15 is 0 Å². The van der Waals surface area contributed by atoms with Crippen LogP contribution in [0.5, 0.6) is 0 Å². The predicted octanol–water partition coefficient (Wildman–Crippen LogP) is 1.78. The van der Waals surface area contributed by atoms with Crippen molar-refractivity contribution >= 4 is 17.5 Å². The standard InChI is InChI=1S/C12H9N.Hg/c1-3-7-11(8-4-1)13-12-9-5-2-6-10-12;/h1-7,9,13H;. The van der Waals surface area contributed by atoms with Gasteiger partial charge < -0.3 is 0 Å². The molecule has 0 aromatic heterocycles. The molecule has 0 spiro atoms. The van der Waals surface area contributed by atoms with Crippen LogP contribution < -0.4 is 11.5 Å². The zero-order chi connectivity index (χ0) is 9.38. The molecule has 1 heterocycles. The van der Waals surface area contributed by atoms with Crippen molar-refractivity contribution in [1.29, 1.82) is 0 Å². The zero-order valence-corrected chi connectivity index (χ0v) is 13.3. The summed E-state index contributed by atoms with van der Waals surface area (Å²) in [7, 11) is 0. The van der Waals surface area contributed by atoms with Gasteiger partial charge in [0.1, 0.15) is 0 Å². The van der Waals surface area contributed by atoms with E-state index in [2.05, 4.69) is 53.8 Å². The third-order valence-corrected chi connectivity index (χ3v) is 10.4. The van der Waals surface area contributed by atoms with Crippen LogP contribution in [0.2, 0.25) is 0 Å². The first-order valence-electron chi connectivity index (χ1n) is 4.86. The third-order valence-electron chi connectivity index (χ3n) is 2.68. The number of para-hydroxylation sites is 2. The molecule has 0 amide bonds. The van der Waals surface area contributed by atoms with Gasteiger partial charge in [-0.05, 0) is 0 Å². The molecule has 14 heavy (non-hydrogen) atoms. The van der Waals surface area contributed by atoms with Crippen LogP contribution in [0.25, 0.3) is 0 Å². The van der Waals surface area contributed by atoms with Crippen LogP contribution >= 0.6 is 0 Å². The molecule has 3 rings (SSSR count). The molecule has 0 saturated carbocycles. The Kier molecular flexibility index (Phi) is 2.05. The summed E-state index contributed by atoms with van der Waals surface area (Å²) in [6.45, 7) is 0. The first kappa shape index (κ1) is 8.48. The van der Waals surface area contributed by atoms with Crippen LogP contribution in [0.1, 0.15) is 0 Å². The minimum atomic E-state index is -1.04.